The summed E-state index contributed by atoms with van der Waals surface area (Å²) in [4.78, 5) is 4.60. The van der Waals surface area contributed by atoms with Crippen LogP contribution in [0.2, 0.25) is 0 Å². The number of thiazole rings is 1. The second-order valence-corrected chi connectivity index (χ2v) is 6.28. The zero-order chi connectivity index (χ0) is 14.9. The Morgan fingerprint density at radius 1 is 1.24 bits per heavy atom. The molecule has 1 unspecified atom stereocenters. The van der Waals surface area contributed by atoms with Gasteiger partial charge >= 0.3 is 0 Å². The van der Waals surface area contributed by atoms with Gasteiger partial charge in [0, 0.05) is 31.1 Å². The van der Waals surface area contributed by atoms with Crippen LogP contribution < -0.4 is 5.32 Å². The lowest BCUT2D eigenvalue weighted by molar-refractivity contribution is 0.197. The van der Waals surface area contributed by atoms with Crippen molar-refractivity contribution in [3.8, 4) is 0 Å². The number of aromatic nitrogens is 1. The SMILES string of the molecule is COCCNCC(Cc1ccccc1)Cc1nc(C)cs1. The first-order valence-electron chi connectivity index (χ1n) is 7.42. The fraction of sp³-hybridized carbons (Fsp3) is 0.471. The lowest BCUT2D eigenvalue weighted by atomic mass is 9.96. The first-order chi connectivity index (χ1) is 10.3. The van der Waals surface area contributed by atoms with E-state index in [0.29, 0.717) is 5.92 Å². The van der Waals surface area contributed by atoms with Gasteiger partial charge in [0.05, 0.1) is 11.6 Å². The van der Waals surface area contributed by atoms with Crippen molar-refractivity contribution < 1.29 is 4.74 Å². The quantitative estimate of drug-likeness (QED) is 0.723. The van der Waals surface area contributed by atoms with Crippen molar-refractivity contribution >= 4 is 11.3 Å². The highest BCUT2D eigenvalue weighted by molar-refractivity contribution is 7.09. The Morgan fingerprint density at radius 3 is 2.71 bits per heavy atom. The van der Waals surface area contributed by atoms with Crippen molar-refractivity contribution in [1.29, 1.82) is 0 Å². The molecule has 1 atom stereocenters. The standard InChI is InChI=1S/C17H24N2OS/c1-14-13-21-17(19-14)11-16(12-18-8-9-20-2)10-15-6-4-3-5-7-15/h3-7,13,16,18H,8-12H2,1-2H3. The maximum atomic E-state index is 5.09. The van der Waals surface area contributed by atoms with Crippen molar-refractivity contribution in [1.82, 2.24) is 10.3 Å². The Morgan fingerprint density at radius 2 is 2.05 bits per heavy atom. The van der Waals surface area contributed by atoms with Gasteiger partial charge in [-0.2, -0.15) is 0 Å². The Bertz CT molecular complexity index is 513. The van der Waals surface area contributed by atoms with Crippen molar-refractivity contribution in [2.24, 2.45) is 5.92 Å². The predicted molar refractivity (Wildman–Crippen MR) is 88.9 cm³/mol. The molecule has 0 fully saturated rings. The third kappa shape index (κ3) is 5.96. The summed E-state index contributed by atoms with van der Waals surface area (Å²) in [6, 6.07) is 10.7. The molecule has 1 N–H and O–H groups in total. The predicted octanol–water partition coefficient (Wildman–Crippen LogP) is 3.09. The second kappa shape index (κ2) is 8.93. The van der Waals surface area contributed by atoms with Gasteiger partial charge in [0.2, 0.25) is 0 Å². The van der Waals surface area contributed by atoms with E-state index in [1.54, 1.807) is 18.4 Å². The van der Waals surface area contributed by atoms with Crippen LogP contribution in [0.25, 0.3) is 0 Å². The van der Waals surface area contributed by atoms with Gasteiger partial charge < -0.3 is 10.1 Å². The molecule has 2 aromatic rings. The minimum atomic E-state index is 0.565. The van der Waals surface area contributed by atoms with Crippen LogP contribution in [0.15, 0.2) is 35.7 Å². The molecule has 114 valence electrons. The monoisotopic (exact) mass is 304 g/mol. The maximum absolute atomic E-state index is 5.09. The zero-order valence-electron chi connectivity index (χ0n) is 12.8. The fourth-order valence-electron chi connectivity index (χ4n) is 2.39. The zero-order valence-corrected chi connectivity index (χ0v) is 13.7. The van der Waals surface area contributed by atoms with Crippen molar-refractivity contribution in [2.45, 2.75) is 19.8 Å². The molecule has 0 amide bonds. The van der Waals surface area contributed by atoms with Crippen molar-refractivity contribution in [3.05, 3.63) is 52.0 Å². The van der Waals surface area contributed by atoms with Gasteiger partial charge in [-0.1, -0.05) is 30.3 Å². The van der Waals surface area contributed by atoms with E-state index < -0.39 is 0 Å². The summed E-state index contributed by atoms with van der Waals surface area (Å²) in [5.41, 5.74) is 2.52. The Labute approximate surface area is 131 Å². The number of rotatable bonds is 9. The van der Waals surface area contributed by atoms with E-state index in [1.165, 1.54) is 10.6 Å². The van der Waals surface area contributed by atoms with Gasteiger partial charge in [0.1, 0.15) is 0 Å². The van der Waals surface area contributed by atoms with Crippen LogP contribution in [0.3, 0.4) is 0 Å². The molecule has 21 heavy (non-hydrogen) atoms. The van der Waals surface area contributed by atoms with Crippen LogP contribution in [0.4, 0.5) is 0 Å². The molecule has 1 aromatic heterocycles. The number of aryl methyl sites for hydroxylation is 1. The fourth-order valence-corrected chi connectivity index (χ4v) is 3.28. The average molecular weight is 304 g/mol. The molecule has 0 saturated carbocycles. The maximum Gasteiger partial charge on any atom is 0.0931 e. The third-order valence-corrected chi connectivity index (χ3v) is 4.40. The molecular formula is C17H24N2OS. The summed E-state index contributed by atoms with van der Waals surface area (Å²) >= 11 is 1.77. The Hall–Kier alpha value is -1.23. The van der Waals surface area contributed by atoms with E-state index in [1.807, 2.05) is 0 Å². The molecule has 0 bridgehead atoms. The van der Waals surface area contributed by atoms with Crippen molar-refractivity contribution in [3.63, 3.8) is 0 Å². The number of hydrogen-bond acceptors (Lipinski definition) is 4. The largest absolute Gasteiger partial charge is 0.383 e. The van der Waals surface area contributed by atoms with Crippen LogP contribution in [-0.2, 0) is 17.6 Å². The highest BCUT2D eigenvalue weighted by atomic mass is 32.1. The normalized spacial score (nSPS) is 12.5. The van der Waals surface area contributed by atoms with E-state index in [-0.39, 0.29) is 0 Å². The molecular weight excluding hydrogens is 280 g/mol. The summed E-state index contributed by atoms with van der Waals surface area (Å²) in [6.07, 6.45) is 2.12. The molecule has 0 aliphatic rings. The molecule has 4 heteroatoms. The number of ether oxygens (including phenoxy) is 1. The van der Waals surface area contributed by atoms with E-state index in [4.69, 9.17) is 4.74 Å². The third-order valence-electron chi connectivity index (χ3n) is 3.41. The molecule has 0 radical (unpaired) electrons. The van der Waals surface area contributed by atoms with Gasteiger partial charge in [-0.3, -0.25) is 0 Å². The smallest absolute Gasteiger partial charge is 0.0931 e. The minimum absolute atomic E-state index is 0.565. The molecule has 0 spiro atoms. The van der Waals surface area contributed by atoms with Gasteiger partial charge in [0.15, 0.2) is 0 Å². The van der Waals surface area contributed by atoms with Crippen LogP contribution in [0.1, 0.15) is 16.3 Å². The summed E-state index contributed by atoms with van der Waals surface area (Å²) in [7, 11) is 1.74. The summed E-state index contributed by atoms with van der Waals surface area (Å²) in [6.45, 7) is 4.72. The van der Waals surface area contributed by atoms with Crippen LogP contribution >= 0.6 is 11.3 Å². The van der Waals surface area contributed by atoms with Crippen LogP contribution in [-0.4, -0.2) is 31.8 Å². The number of benzene rings is 1. The van der Waals surface area contributed by atoms with E-state index in [2.05, 4.69) is 52.9 Å². The van der Waals surface area contributed by atoms with Gasteiger partial charge in [-0.15, -0.1) is 11.3 Å². The lowest BCUT2D eigenvalue weighted by Gasteiger charge is -2.16. The van der Waals surface area contributed by atoms with Gasteiger partial charge in [-0.25, -0.2) is 4.98 Å². The van der Waals surface area contributed by atoms with E-state index in [0.717, 1.165) is 38.2 Å². The number of methoxy groups -OCH3 is 1. The lowest BCUT2D eigenvalue weighted by Crippen LogP contribution is -2.28. The number of nitrogens with one attached hydrogen (secondary N) is 1. The molecule has 0 aliphatic heterocycles. The first-order valence-corrected chi connectivity index (χ1v) is 8.30. The highest BCUT2D eigenvalue weighted by Gasteiger charge is 2.12. The molecule has 3 nitrogen and oxygen atoms in total. The highest BCUT2D eigenvalue weighted by Crippen LogP contribution is 2.17. The number of nitrogens with zero attached hydrogens (tertiary/aromatic N) is 1. The van der Waals surface area contributed by atoms with Crippen LogP contribution in [0.5, 0.6) is 0 Å². The molecule has 2 rings (SSSR count). The van der Waals surface area contributed by atoms with Gasteiger partial charge in [0.25, 0.3) is 0 Å². The first kappa shape index (κ1) is 16.1. The molecule has 1 aromatic carbocycles. The van der Waals surface area contributed by atoms with Crippen molar-refractivity contribution in [2.75, 3.05) is 26.8 Å². The topological polar surface area (TPSA) is 34.1 Å². The summed E-state index contributed by atoms with van der Waals surface area (Å²) in [5.74, 6) is 0.565. The molecule has 1 heterocycles. The van der Waals surface area contributed by atoms with E-state index >= 15 is 0 Å². The summed E-state index contributed by atoms with van der Waals surface area (Å²) in [5, 5.41) is 6.86. The Kier molecular flexibility index (Phi) is 6.86. The molecule has 0 saturated heterocycles. The Balaban J connectivity index is 1.92. The number of hydrogen-bond donors (Lipinski definition) is 1. The molecule has 0 aliphatic carbocycles. The summed E-state index contributed by atoms with van der Waals surface area (Å²) < 4.78 is 5.09. The second-order valence-electron chi connectivity index (χ2n) is 5.34. The average Bonchev–Trinajstić information content (AvgIpc) is 2.90. The van der Waals surface area contributed by atoms with E-state index in [9.17, 15) is 0 Å². The minimum Gasteiger partial charge on any atom is -0.383 e. The van der Waals surface area contributed by atoms with Crippen LogP contribution in [0, 0.1) is 12.8 Å². The van der Waals surface area contributed by atoms with Gasteiger partial charge in [-0.05, 0) is 31.4 Å².